The van der Waals surface area contributed by atoms with Gasteiger partial charge in [0.05, 0.1) is 12.7 Å². The zero-order valence-electron chi connectivity index (χ0n) is 8.69. The molecule has 1 aromatic carbocycles. The highest BCUT2D eigenvalue weighted by Crippen LogP contribution is 2.10. The minimum absolute atomic E-state index is 0.174. The number of benzene rings is 1. The molecule has 15 heavy (non-hydrogen) atoms. The van der Waals surface area contributed by atoms with Gasteiger partial charge in [-0.05, 0) is 30.7 Å². The molecular weight excluding hydrogens is 194 g/mol. The molecule has 0 fully saturated rings. The number of methoxy groups -OCH3 is 1. The molecule has 0 spiro atoms. The smallest absolute Gasteiger partial charge is 0.337 e. The molecule has 0 unspecified atom stereocenters. The molecule has 0 heterocycles. The Hall–Kier alpha value is -1.55. The molecule has 4 heteroatoms. The van der Waals surface area contributed by atoms with Crippen molar-refractivity contribution in [2.24, 2.45) is 0 Å². The van der Waals surface area contributed by atoms with Crippen molar-refractivity contribution < 1.29 is 14.6 Å². The van der Waals surface area contributed by atoms with Crippen LogP contribution in [0.25, 0.3) is 0 Å². The number of rotatable bonds is 5. The number of ether oxygens (including phenoxy) is 1. The number of anilines is 1. The lowest BCUT2D eigenvalue weighted by Crippen LogP contribution is -2.04. The molecule has 0 radical (unpaired) electrons. The Morgan fingerprint density at radius 2 is 2.07 bits per heavy atom. The molecule has 2 N–H and O–H groups in total. The third-order valence-electron chi connectivity index (χ3n) is 1.97. The summed E-state index contributed by atoms with van der Waals surface area (Å²) in [5.41, 5.74) is 1.46. The molecule has 0 amide bonds. The molecule has 4 nitrogen and oxygen atoms in total. The van der Waals surface area contributed by atoms with Crippen molar-refractivity contribution in [2.45, 2.75) is 6.42 Å². The van der Waals surface area contributed by atoms with Crippen LogP contribution in [-0.4, -0.2) is 31.3 Å². The van der Waals surface area contributed by atoms with Crippen LogP contribution < -0.4 is 5.32 Å². The predicted molar refractivity (Wildman–Crippen MR) is 58.0 cm³/mol. The summed E-state index contributed by atoms with van der Waals surface area (Å²) in [6.07, 6.45) is 0.707. The maximum absolute atomic E-state index is 11.1. The summed E-state index contributed by atoms with van der Waals surface area (Å²) in [4.78, 5) is 11.1. The molecule has 0 atom stereocenters. The molecule has 0 aromatic heterocycles. The maximum Gasteiger partial charge on any atom is 0.337 e. The van der Waals surface area contributed by atoms with Crippen molar-refractivity contribution >= 4 is 11.7 Å². The Bertz CT molecular complexity index is 308. The average molecular weight is 209 g/mol. The van der Waals surface area contributed by atoms with Crippen LogP contribution in [0.2, 0.25) is 0 Å². The van der Waals surface area contributed by atoms with E-state index in [4.69, 9.17) is 5.11 Å². The first-order valence-electron chi connectivity index (χ1n) is 4.81. The zero-order chi connectivity index (χ0) is 11.1. The van der Waals surface area contributed by atoms with E-state index in [9.17, 15) is 4.79 Å². The summed E-state index contributed by atoms with van der Waals surface area (Å²) in [5.74, 6) is -0.336. The van der Waals surface area contributed by atoms with Gasteiger partial charge >= 0.3 is 5.97 Å². The van der Waals surface area contributed by atoms with Crippen molar-refractivity contribution in [3.05, 3.63) is 29.8 Å². The largest absolute Gasteiger partial charge is 0.465 e. The van der Waals surface area contributed by atoms with E-state index in [0.717, 1.165) is 5.69 Å². The van der Waals surface area contributed by atoms with Gasteiger partial charge in [0.1, 0.15) is 0 Å². The second-order valence-corrected chi connectivity index (χ2v) is 3.07. The zero-order valence-corrected chi connectivity index (χ0v) is 8.69. The van der Waals surface area contributed by atoms with Crippen LogP contribution in [0, 0.1) is 0 Å². The maximum atomic E-state index is 11.1. The fourth-order valence-corrected chi connectivity index (χ4v) is 1.15. The molecule has 0 bridgehead atoms. The summed E-state index contributed by atoms with van der Waals surface area (Å²) in [6, 6.07) is 7.02. The van der Waals surface area contributed by atoms with E-state index in [0.29, 0.717) is 18.5 Å². The van der Waals surface area contributed by atoms with E-state index < -0.39 is 0 Å². The quantitative estimate of drug-likeness (QED) is 0.566. The lowest BCUT2D eigenvalue weighted by atomic mass is 10.2. The van der Waals surface area contributed by atoms with E-state index in [1.807, 2.05) is 12.1 Å². The van der Waals surface area contributed by atoms with Gasteiger partial charge in [-0.15, -0.1) is 0 Å². The lowest BCUT2D eigenvalue weighted by molar-refractivity contribution is 0.0601. The number of hydrogen-bond acceptors (Lipinski definition) is 4. The van der Waals surface area contributed by atoms with Crippen LogP contribution in [0.3, 0.4) is 0 Å². The Labute approximate surface area is 88.9 Å². The fourth-order valence-electron chi connectivity index (χ4n) is 1.15. The molecule has 0 saturated heterocycles. The van der Waals surface area contributed by atoms with Crippen molar-refractivity contribution in [1.29, 1.82) is 0 Å². The summed E-state index contributed by atoms with van der Waals surface area (Å²) >= 11 is 0. The molecule has 1 aromatic rings. The first kappa shape index (κ1) is 11.5. The molecule has 0 aliphatic carbocycles. The lowest BCUT2D eigenvalue weighted by Gasteiger charge is -2.05. The summed E-state index contributed by atoms with van der Waals surface area (Å²) in [6.45, 7) is 0.890. The summed E-state index contributed by atoms with van der Waals surface area (Å²) in [7, 11) is 1.36. The van der Waals surface area contributed by atoms with E-state index in [1.54, 1.807) is 12.1 Å². The second kappa shape index (κ2) is 6.03. The number of aliphatic hydroxyl groups excluding tert-OH is 1. The SMILES string of the molecule is COC(=O)c1ccc(NCCCO)cc1. The van der Waals surface area contributed by atoms with Crippen molar-refractivity contribution in [3.63, 3.8) is 0 Å². The highest BCUT2D eigenvalue weighted by atomic mass is 16.5. The van der Waals surface area contributed by atoms with Gasteiger partial charge in [0.15, 0.2) is 0 Å². The fraction of sp³-hybridized carbons (Fsp3) is 0.364. The van der Waals surface area contributed by atoms with Gasteiger partial charge in [-0.25, -0.2) is 4.79 Å². The van der Waals surface area contributed by atoms with Crippen LogP contribution >= 0.6 is 0 Å². The molecule has 0 saturated carbocycles. The highest BCUT2D eigenvalue weighted by Gasteiger charge is 2.03. The van der Waals surface area contributed by atoms with Gasteiger partial charge in [-0.3, -0.25) is 0 Å². The normalized spacial score (nSPS) is 9.73. The van der Waals surface area contributed by atoms with Gasteiger partial charge in [-0.1, -0.05) is 0 Å². The molecule has 0 aliphatic rings. The Morgan fingerprint density at radius 1 is 1.40 bits per heavy atom. The summed E-state index contributed by atoms with van der Waals surface area (Å²) < 4.78 is 4.58. The second-order valence-electron chi connectivity index (χ2n) is 3.07. The topological polar surface area (TPSA) is 58.6 Å². The number of carbonyl (C=O) groups excluding carboxylic acids is 1. The average Bonchev–Trinajstić information content (AvgIpc) is 2.29. The number of nitrogens with one attached hydrogen (secondary N) is 1. The van der Waals surface area contributed by atoms with Crippen molar-refractivity contribution in [1.82, 2.24) is 0 Å². The molecular formula is C11H15NO3. The Balaban J connectivity index is 2.52. The van der Waals surface area contributed by atoms with Crippen LogP contribution in [0.15, 0.2) is 24.3 Å². The van der Waals surface area contributed by atoms with Gasteiger partial charge in [0.2, 0.25) is 0 Å². The Morgan fingerprint density at radius 3 is 2.60 bits per heavy atom. The van der Waals surface area contributed by atoms with Crippen LogP contribution in [0.5, 0.6) is 0 Å². The standard InChI is InChI=1S/C11H15NO3/c1-15-11(14)9-3-5-10(6-4-9)12-7-2-8-13/h3-6,12-13H,2,7-8H2,1H3. The molecule has 1 rings (SSSR count). The van der Waals surface area contributed by atoms with E-state index >= 15 is 0 Å². The first-order chi connectivity index (χ1) is 7.27. The number of carbonyl (C=O) groups is 1. The van der Waals surface area contributed by atoms with Gasteiger partial charge in [-0.2, -0.15) is 0 Å². The van der Waals surface area contributed by atoms with Gasteiger partial charge < -0.3 is 15.2 Å². The molecule has 82 valence electrons. The van der Waals surface area contributed by atoms with Crippen LogP contribution in [0.1, 0.15) is 16.8 Å². The Kier molecular flexibility index (Phi) is 4.63. The number of esters is 1. The van der Waals surface area contributed by atoms with Gasteiger partial charge in [0.25, 0.3) is 0 Å². The van der Waals surface area contributed by atoms with Crippen molar-refractivity contribution in [3.8, 4) is 0 Å². The van der Waals surface area contributed by atoms with E-state index in [1.165, 1.54) is 7.11 Å². The first-order valence-corrected chi connectivity index (χ1v) is 4.81. The van der Waals surface area contributed by atoms with Crippen molar-refractivity contribution in [2.75, 3.05) is 25.6 Å². The predicted octanol–water partition coefficient (Wildman–Crippen LogP) is 1.27. The third kappa shape index (κ3) is 3.59. The minimum atomic E-state index is -0.336. The molecule has 0 aliphatic heterocycles. The van der Waals surface area contributed by atoms with Gasteiger partial charge in [0, 0.05) is 18.8 Å². The van der Waals surface area contributed by atoms with E-state index in [-0.39, 0.29) is 12.6 Å². The third-order valence-corrected chi connectivity index (χ3v) is 1.97. The number of aliphatic hydroxyl groups is 1. The van der Waals surface area contributed by atoms with Crippen LogP contribution in [-0.2, 0) is 4.74 Å². The minimum Gasteiger partial charge on any atom is -0.465 e. The number of hydrogen-bond donors (Lipinski definition) is 2. The highest BCUT2D eigenvalue weighted by molar-refractivity contribution is 5.89. The van der Waals surface area contributed by atoms with E-state index in [2.05, 4.69) is 10.1 Å². The van der Waals surface area contributed by atoms with Crippen LogP contribution in [0.4, 0.5) is 5.69 Å². The summed E-state index contributed by atoms with van der Waals surface area (Å²) in [5, 5.41) is 11.7. The monoisotopic (exact) mass is 209 g/mol.